The van der Waals surface area contributed by atoms with E-state index in [4.69, 9.17) is 5.11 Å². The molecule has 4 heteroatoms. The van der Waals surface area contributed by atoms with Gasteiger partial charge in [-0.15, -0.1) is 0 Å². The first-order valence-electron chi connectivity index (χ1n) is 4.82. The zero-order valence-corrected chi connectivity index (χ0v) is 8.26. The molecule has 0 radical (unpaired) electrons. The van der Waals surface area contributed by atoms with Crippen molar-refractivity contribution in [1.82, 2.24) is 15.2 Å². The first-order chi connectivity index (χ1) is 6.93. The minimum Gasteiger partial charge on any atom is -0.381 e. The zero-order chi connectivity index (χ0) is 10.1. The first kappa shape index (κ1) is 11.1. The summed E-state index contributed by atoms with van der Waals surface area (Å²) in [5, 5.41) is 11.8. The second kappa shape index (κ2) is 7.44. The van der Waals surface area contributed by atoms with Gasteiger partial charge in [-0.3, -0.25) is 9.88 Å². The predicted molar refractivity (Wildman–Crippen MR) is 55.8 cm³/mol. The third-order valence-corrected chi connectivity index (χ3v) is 1.98. The Kier molecular flexibility index (Phi) is 5.90. The van der Waals surface area contributed by atoms with Gasteiger partial charge in [0.1, 0.15) is 0 Å². The van der Waals surface area contributed by atoms with E-state index in [9.17, 15) is 0 Å². The van der Waals surface area contributed by atoms with Crippen LogP contribution in [0, 0.1) is 0 Å². The van der Waals surface area contributed by atoms with Gasteiger partial charge in [0.2, 0.25) is 0 Å². The summed E-state index contributed by atoms with van der Waals surface area (Å²) in [6.07, 6.45) is 3.50. The molecule has 1 saturated heterocycles. The molecule has 4 nitrogen and oxygen atoms in total. The number of rotatable bonds is 1. The van der Waals surface area contributed by atoms with E-state index in [1.165, 1.54) is 0 Å². The highest BCUT2D eigenvalue weighted by Gasteiger charge is 2.05. The van der Waals surface area contributed by atoms with Crippen LogP contribution in [-0.2, 0) is 0 Å². The molecular formula is C10H17N3O. The number of piperazine rings is 1. The maximum absolute atomic E-state index is 8.59. The second-order valence-electron chi connectivity index (χ2n) is 3.03. The van der Waals surface area contributed by atoms with Crippen molar-refractivity contribution < 1.29 is 5.11 Å². The monoisotopic (exact) mass is 195 g/mol. The van der Waals surface area contributed by atoms with Crippen molar-refractivity contribution in [3.05, 3.63) is 30.6 Å². The Morgan fingerprint density at radius 1 is 1.14 bits per heavy atom. The van der Waals surface area contributed by atoms with Gasteiger partial charge in [0.25, 0.3) is 0 Å². The average molecular weight is 195 g/mol. The summed E-state index contributed by atoms with van der Waals surface area (Å²) in [5.74, 6) is 0. The maximum atomic E-state index is 8.59. The molecule has 0 unspecified atom stereocenters. The Morgan fingerprint density at radius 2 is 1.79 bits per heavy atom. The standard InChI is InChI=1S/C5H12N2O.C5H5N/c8-5-7-3-1-6-2-4-7;1-2-4-6-5-3-1/h6,8H,1-5H2;1-5H. The van der Waals surface area contributed by atoms with Gasteiger partial charge in [-0.2, -0.15) is 0 Å². The molecule has 78 valence electrons. The van der Waals surface area contributed by atoms with E-state index in [-0.39, 0.29) is 6.73 Å². The van der Waals surface area contributed by atoms with Crippen LogP contribution in [0.5, 0.6) is 0 Å². The Bertz CT molecular complexity index is 185. The van der Waals surface area contributed by atoms with E-state index in [2.05, 4.69) is 10.3 Å². The summed E-state index contributed by atoms with van der Waals surface area (Å²) in [4.78, 5) is 5.80. The lowest BCUT2D eigenvalue weighted by molar-refractivity contribution is 0.0957. The van der Waals surface area contributed by atoms with E-state index < -0.39 is 0 Å². The van der Waals surface area contributed by atoms with Crippen LogP contribution < -0.4 is 5.32 Å². The van der Waals surface area contributed by atoms with E-state index in [1.807, 2.05) is 23.1 Å². The highest BCUT2D eigenvalue weighted by molar-refractivity contribution is 4.88. The van der Waals surface area contributed by atoms with Crippen molar-refractivity contribution in [2.24, 2.45) is 0 Å². The highest BCUT2D eigenvalue weighted by atomic mass is 16.3. The molecule has 0 amide bonds. The Labute approximate surface area is 84.6 Å². The summed E-state index contributed by atoms with van der Waals surface area (Å²) in [6.45, 7) is 4.20. The van der Waals surface area contributed by atoms with Crippen LogP contribution in [0.15, 0.2) is 30.6 Å². The lowest BCUT2D eigenvalue weighted by Gasteiger charge is -2.24. The van der Waals surface area contributed by atoms with Crippen molar-refractivity contribution >= 4 is 0 Å². The molecular weight excluding hydrogens is 178 g/mol. The number of pyridine rings is 1. The van der Waals surface area contributed by atoms with Crippen LogP contribution in [0.3, 0.4) is 0 Å². The van der Waals surface area contributed by atoms with Gasteiger partial charge in [-0.05, 0) is 12.1 Å². The molecule has 14 heavy (non-hydrogen) atoms. The molecule has 0 saturated carbocycles. The molecule has 0 bridgehead atoms. The lowest BCUT2D eigenvalue weighted by Crippen LogP contribution is -2.43. The lowest BCUT2D eigenvalue weighted by atomic mass is 10.4. The molecule has 2 rings (SSSR count). The number of nitrogens with zero attached hydrogens (tertiary/aromatic N) is 2. The molecule has 0 aliphatic carbocycles. The summed E-state index contributed by atoms with van der Waals surface area (Å²) in [7, 11) is 0. The number of aliphatic hydroxyl groups is 1. The SMILES string of the molecule is OCN1CCNCC1.c1ccncc1. The van der Waals surface area contributed by atoms with Gasteiger partial charge in [0.05, 0.1) is 6.73 Å². The van der Waals surface area contributed by atoms with Crippen molar-refractivity contribution in [2.45, 2.75) is 0 Å². The van der Waals surface area contributed by atoms with E-state index >= 15 is 0 Å². The first-order valence-corrected chi connectivity index (χ1v) is 4.82. The van der Waals surface area contributed by atoms with E-state index in [0.29, 0.717) is 0 Å². The topological polar surface area (TPSA) is 48.4 Å². The zero-order valence-electron chi connectivity index (χ0n) is 8.26. The fraction of sp³-hybridized carbons (Fsp3) is 0.500. The molecule has 0 aromatic carbocycles. The van der Waals surface area contributed by atoms with Crippen molar-refractivity contribution in [1.29, 1.82) is 0 Å². The molecule has 2 N–H and O–H groups in total. The van der Waals surface area contributed by atoms with E-state index in [1.54, 1.807) is 12.4 Å². The molecule has 1 fully saturated rings. The van der Waals surface area contributed by atoms with Crippen molar-refractivity contribution in [3.63, 3.8) is 0 Å². The summed E-state index contributed by atoms with van der Waals surface area (Å²) in [6, 6.07) is 5.72. The fourth-order valence-electron chi connectivity index (χ4n) is 1.17. The fourth-order valence-corrected chi connectivity index (χ4v) is 1.17. The molecule has 1 aliphatic rings. The van der Waals surface area contributed by atoms with Crippen LogP contribution in [0.4, 0.5) is 0 Å². The summed E-state index contributed by atoms with van der Waals surface area (Å²) < 4.78 is 0. The Balaban J connectivity index is 0.000000146. The number of aromatic nitrogens is 1. The van der Waals surface area contributed by atoms with Gasteiger partial charge in [0.15, 0.2) is 0 Å². The largest absolute Gasteiger partial charge is 0.381 e. The van der Waals surface area contributed by atoms with Gasteiger partial charge in [0, 0.05) is 38.6 Å². The molecule has 0 atom stereocenters. The van der Waals surface area contributed by atoms with Crippen LogP contribution in [0.25, 0.3) is 0 Å². The summed E-state index contributed by atoms with van der Waals surface area (Å²) >= 11 is 0. The van der Waals surface area contributed by atoms with Gasteiger partial charge in [-0.1, -0.05) is 6.07 Å². The Morgan fingerprint density at radius 3 is 2.07 bits per heavy atom. The Hall–Kier alpha value is -0.970. The smallest absolute Gasteiger partial charge is 0.0957 e. The molecule has 1 aliphatic heterocycles. The molecule has 1 aromatic heterocycles. The third kappa shape index (κ3) is 4.91. The van der Waals surface area contributed by atoms with Gasteiger partial charge < -0.3 is 10.4 Å². The maximum Gasteiger partial charge on any atom is 0.0957 e. The molecule has 2 heterocycles. The van der Waals surface area contributed by atoms with Crippen molar-refractivity contribution in [3.8, 4) is 0 Å². The number of aliphatic hydroxyl groups excluding tert-OH is 1. The van der Waals surface area contributed by atoms with Crippen molar-refractivity contribution in [2.75, 3.05) is 32.9 Å². The quantitative estimate of drug-likeness (QED) is 0.658. The van der Waals surface area contributed by atoms with Crippen LogP contribution in [-0.4, -0.2) is 47.9 Å². The normalized spacial score (nSPS) is 16.9. The van der Waals surface area contributed by atoms with Gasteiger partial charge >= 0.3 is 0 Å². The van der Waals surface area contributed by atoms with Gasteiger partial charge in [-0.25, -0.2) is 0 Å². The molecule has 1 aromatic rings. The number of hydrogen-bond donors (Lipinski definition) is 2. The second-order valence-corrected chi connectivity index (χ2v) is 3.03. The summed E-state index contributed by atoms with van der Waals surface area (Å²) in [5.41, 5.74) is 0. The minimum atomic E-state index is 0.210. The third-order valence-electron chi connectivity index (χ3n) is 1.98. The van der Waals surface area contributed by atoms with Crippen LogP contribution >= 0.6 is 0 Å². The highest BCUT2D eigenvalue weighted by Crippen LogP contribution is 1.87. The molecule has 0 spiro atoms. The predicted octanol–water partition coefficient (Wildman–Crippen LogP) is -0.0770. The number of hydrogen-bond acceptors (Lipinski definition) is 4. The minimum absolute atomic E-state index is 0.210. The van der Waals surface area contributed by atoms with Crippen LogP contribution in [0.1, 0.15) is 0 Å². The number of nitrogens with one attached hydrogen (secondary N) is 1. The van der Waals surface area contributed by atoms with E-state index in [0.717, 1.165) is 26.2 Å². The van der Waals surface area contributed by atoms with Crippen LogP contribution in [0.2, 0.25) is 0 Å². The average Bonchev–Trinajstić information content (AvgIpc) is 2.33.